The van der Waals surface area contributed by atoms with Gasteiger partial charge in [0.2, 0.25) is 11.8 Å². The Hall–Kier alpha value is -0.900. The first-order valence-electron chi connectivity index (χ1n) is 8.20. The lowest BCUT2D eigenvalue weighted by Gasteiger charge is -2.33. The Morgan fingerprint density at radius 1 is 1.20 bits per heavy atom. The highest BCUT2D eigenvalue weighted by atomic mass is 16.2. The van der Waals surface area contributed by atoms with Crippen molar-refractivity contribution in [2.45, 2.75) is 52.0 Å². The van der Waals surface area contributed by atoms with Gasteiger partial charge in [0.15, 0.2) is 0 Å². The van der Waals surface area contributed by atoms with Gasteiger partial charge in [0.25, 0.3) is 0 Å². The molecule has 0 aromatic rings. The topological polar surface area (TPSA) is 49.4 Å². The van der Waals surface area contributed by atoms with Crippen LogP contribution in [0.1, 0.15) is 46.0 Å². The molecule has 4 atom stereocenters. The minimum atomic E-state index is -0.00801. The van der Waals surface area contributed by atoms with E-state index >= 15 is 0 Å². The molecule has 3 aliphatic rings. The number of piperidine rings is 1. The van der Waals surface area contributed by atoms with E-state index in [0.717, 1.165) is 25.8 Å². The van der Waals surface area contributed by atoms with Crippen LogP contribution in [-0.2, 0) is 9.59 Å². The number of carbonyl (C=O) groups excluding carboxylic acids is 2. The lowest BCUT2D eigenvalue weighted by atomic mass is 9.92. The second-order valence-electron chi connectivity index (χ2n) is 6.93. The van der Waals surface area contributed by atoms with Gasteiger partial charge in [-0.3, -0.25) is 14.5 Å². The number of rotatable bonds is 3. The van der Waals surface area contributed by atoms with Gasteiger partial charge in [-0.1, -0.05) is 20.3 Å². The van der Waals surface area contributed by atoms with Gasteiger partial charge in [0.05, 0.1) is 11.8 Å². The van der Waals surface area contributed by atoms with Gasteiger partial charge < -0.3 is 5.32 Å². The van der Waals surface area contributed by atoms with Crippen LogP contribution in [0.4, 0.5) is 0 Å². The fourth-order valence-corrected chi connectivity index (χ4v) is 4.27. The summed E-state index contributed by atoms with van der Waals surface area (Å²) in [6, 6.07) is 0.289. The Morgan fingerprint density at radius 3 is 2.40 bits per heavy atom. The van der Waals surface area contributed by atoms with Gasteiger partial charge in [-0.05, 0) is 44.1 Å². The zero-order chi connectivity index (χ0) is 14.3. The average molecular weight is 278 g/mol. The van der Waals surface area contributed by atoms with Crippen molar-refractivity contribution in [3.63, 3.8) is 0 Å². The number of amides is 2. The van der Waals surface area contributed by atoms with Crippen LogP contribution in [0, 0.1) is 23.7 Å². The standard InChI is InChI=1S/C16H26N2O2/c1-3-11-7-12-13(8-11)16(20)18(15(12)19)9-14-10(2)5-4-6-17-14/h10-14,17H,3-9H2,1-2H3. The van der Waals surface area contributed by atoms with E-state index in [-0.39, 0.29) is 29.7 Å². The summed E-state index contributed by atoms with van der Waals surface area (Å²) in [6.07, 6.45) is 5.34. The molecule has 0 aromatic heterocycles. The number of carbonyl (C=O) groups is 2. The van der Waals surface area contributed by atoms with Gasteiger partial charge in [-0.2, -0.15) is 0 Å². The third kappa shape index (κ3) is 2.28. The number of hydrogen-bond acceptors (Lipinski definition) is 3. The molecule has 3 fully saturated rings. The fourth-order valence-electron chi connectivity index (χ4n) is 4.27. The summed E-state index contributed by atoms with van der Waals surface area (Å²) in [5, 5.41) is 3.48. The molecule has 2 amide bonds. The summed E-state index contributed by atoms with van der Waals surface area (Å²) in [4.78, 5) is 26.6. The van der Waals surface area contributed by atoms with Crippen molar-refractivity contribution >= 4 is 11.8 Å². The Labute approximate surface area is 121 Å². The quantitative estimate of drug-likeness (QED) is 0.801. The van der Waals surface area contributed by atoms with E-state index in [4.69, 9.17) is 0 Å². The van der Waals surface area contributed by atoms with E-state index in [1.165, 1.54) is 12.8 Å². The highest BCUT2D eigenvalue weighted by molar-refractivity contribution is 6.05. The predicted molar refractivity (Wildman–Crippen MR) is 76.9 cm³/mol. The molecule has 4 unspecified atom stereocenters. The van der Waals surface area contributed by atoms with E-state index in [1.54, 1.807) is 4.90 Å². The highest BCUT2D eigenvalue weighted by Gasteiger charge is 2.52. The normalized spacial score (nSPS) is 41.3. The van der Waals surface area contributed by atoms with Crippen LogP contribution in [-0.4, -0.2) is 35.8 Å². The van der Waals surface area contributed by atoms with Crippen LogP contribution < -0.4 is 5.32 Å². The van der Waals surface area contributed by atoms with E-state index in [2.05, 4.69) is 19.2 Å². The molecule has 2 heterocycles. The molecule has 4 heteroatoms. The maximum atomic E-state index is 12.5. The smallest absolute Gasteiger partial charge is 0.233 e. The van der Waals surface area contributed by atoms with Crippen LogP contribution in [0.15, 0.2) is 0 Å². The first-order valence-corrected chi connectivity index (χ1v) is 8.20. The Balaban J connectivity index is 1.67. The van der Waals surface area contributed by atoms with E-state index in [0.29, 0.717) is 18.4 Å². The number of imide groups is 1. The van der Waals surface area contributed by atoms with E-state index in [9.17, 15) is 9.59 Å². The van der Waals surface area contributed by atoms with E-state index < -0.39 is 0 Å². The molecule has 0 aromatic carbocycles. The molecular formula is C16H26N2O2. The summed E-state index contributed by atoms with van der Waals surface area (Å²) in [6.45, 7) is 5.97. The van der Waals surface area contributed by atoms with Crippen molar-refractivity contribution in [1.82, 2.24) is 10.2 Å². The average Bonchev–Trinajstić information content (AvgIpc) is 2.96. The molecule has 1 saturated carbocycles. The molecule has 1 N–H and O–H groups in total. The number of nitrogens with one attached hydrogen (secondary N) is 1. The van der Waals surface area contributed by atoms with Crippen LogP contribution in [0.2, 0.25) is 0 Å². The van der Waals surface area contributed by atoms with Crippen molar-refractivity contribution in [1.29, 1.82) is 0 Å². The van der Waals surface area contributed by atoms with Gasteiger partial charge >= 0.3 is 0 Å². The zero-order valence-electron chi connectivity index (χ0n) is 12.6. The number of likely N-dealkylation sites (tertiary alicyclic amines) is 1. The summed E-state index contributed by atoms with van der Waals surface area (Å²) in [5.74, 6) is 1.32. The molecule has 4 nitrogen and oxygen atoms in total. The predicted octanol–water partition coefficient (Wildman–Crippen LogP) is 1.80. The molecule has 20 heavy (non-hydrogen) atoms. The summed E-state index contributed by atoms with van der Waals surface area (Å²) in [7, 11) is 0. The molecule has 2 aliphatic heterocycles. The molecule has 112 valence electrons. The van der Waals surface area contributed by atoms with Gasteiger partial charge in [-0.25, -0.2) is 0 Å². The number of nitrogens with zero attached hydrogens (tertiary/aromatic N) is 1. The molecule has 3 rings (SSSR count). The van der Waals surface area contributed by atoms with Gasteiger partial charge in [-0.15, -0.1) is 0 Å². The van der Waals surface area contributed by atoms with Gasteiger partial charge in [0.1, 0.15) is 0 Å². The summed E-state index contributed by atoms with van der Waals surface area (Å²) < 4.78 is 0. The minimum absolute atomic E-state index is 0.00801. The van der Waals surface area contributed by atoms with Crippen LogP contribution in [0.25, 0.3) is 0 Å². The van der Waals surface area contributed by atoms with Gasteiger partial charge in [0, 0.05) is 12.6 Å². The minimum Gasteiger partial charge on any atom is -0.312 e. The van der Waals surface area contributed by atoms with Crippen molar-refractivity contribution in [3.8, 4) is 0 Å². The Kier molecular flexibility index (Phi) is 3.85. The van der Waals surface area contributed by atoms with Crippen molar-refractivity contribution < 1.29 is 9.59 Å². The molecule has 1 aliphatic carbocycles. The first kappa shape index (κ1) is 14.1. The van der Waals surface area contributed by atoms with Crippen molar-refractivity contribution in [2.75, 3.05) is 13.1 Å². The van der Waals surface area contributed by atoms with Crippen molar-refractivity contribution in [2.24, 2.45) is 23.7 Å². The second kappa shape index (κ2) is 5.47. The largest absolute Gasteiger partial charge is 0.312 e. The lowest BCUT2D eigenvalue weighted by molar-refractivity contribution is -0.141. The monoisotopic (exact) mass is 278 g/mol. The maximum absolute atomic E-state index is 12.5. The summed E-state index contributed by atoms with van der Waals surface area (Å²) >= 11 is 0. The first-order chi connectivity index (χ1) is 9.61. The number of fused-ring (bicyclic) bond motifs is 1. The molecule has 0 bridgehead atoms. The molecule has 0 radical (unpaired) electrons. The van der Waals surface area contributed by atoms with E-state index in [1.807, 2.05) is 0 Å². The molecular weight excluding hydrogens is 252 g/mol. The Bertz CT molecular complexity index is 385. The molecule has 0 spiro atoms. The van der Waals surface area contributed by atoms with Crippen LogP contribution >= 0.6 is 0 Å². The summed E-state index contributed by atoms with van der Waals surface area (Å²) in [5.41, 5.74) is 0. The van der Waals surface area contributed by atoms with Crippen molar-refractivity contribution in [3.05, 3.63) is 0 Å². The second-order valence-corrected chi connectivity index (χ2v) is 6.93. The lowest BCUT2D eigenvalue weighted by Crippen LogP contribution is -2.49. The molecule has 2 saturated heterocycles. The SMILES string of the molecule is CCC1CC2C(=O)N(CC3NCCCC3C)C(=O)C2C1. The third-order valence-corrected chi connectivity index (χ3v) is 5.71. The zero-order valence-corrected chi connectivity index (χ0v) is 12.6. The maximum Gasteiger partial charge on any atom is 0.233 e. The third-order valence-electron chi connectivity index (χ3n) is 5.71. The Morgan fingerprint density at radius 2 is 1.85 bits per heavy atom. The van der Waals surface area contributed by atoms with Crippen LogP contribution in [0.5, 0.6) is 0 Å². The highest BCUT2D eigenvalue weighted by Crippen LogP contribution is 2.44. The van der Waals surface area contributed by atoms with Crippen LogP contribution in [0.3, 0.4) is 0 Å². The fraction of sp³-hybridized carbons (Fsp3) is 0.875. The number of hydrogen-bond donors (Lipinski definition) is 1.